The summed E-state index contributed by atoms with van der Waals surface area (Å²) in [6.07, 6.45) is 0.291. The van der Waals surface area contributed by atoms with Crippen LogP contribution >= 0.6 is 0 Å². The number of ether oxygens (including phenoxy) is 1. The third-order valence-electron chi connectivity index (χ3n) is 2.96. The minimum Gasteiger partial charge on any atom is -0.508 e. The average molecular weight is 273 g/mol. The highest BCUT2D eigenvalue weighted by Gasteiger charge is 2.13. The fraction of sp³-hybridized carbons (Fsp3) is 0.133. The van der Waals surface area contributed by atoms with Crippen LogP contribution in [0.15, 0.2) is 47.6 Å². The molecule has 104 valence electrons. The van der Waals surface area contributed by atoms with Crippen LogP contribution < -0.4 is 4.74 Å². The largest absolute Gasteiger partial charge is 0.508 e. The van der Waals surface area contributed by atoms with Crippen LogP contribution in [0.1, 0.15) is 11.1 Å². The summed E-state index contributed by atoms with van der Waals surface area (Å²) < 4.78 is 5.24. The fourth-order valence-corrected chi connectivity index (χ4v) is 1.98. The molecule has 2 rings (SSSR count). The maximum atomic E-state index is 9.81. The number of phenolic OH excluding ortho intramolecular Hbond substituents is 2. The van der Waals surface area contributed by atoms with Gasteiger partial charge in [-0.15, -0.1) is 0 Å². The number of para-hydroxylation sites is 1. The average Bonchev–Trinajstić information content (AvgIpc) is 2.46. The first-order valence-corrected chi connectivity index (χ1v) is 6.01. The van der Waals surface area contributed by atoms with E-state index in [0.717, 1.165) is 5.56 Å². The van der Waals surface area contributed by atoms with Gasteiger partial charge in [0.2, 0.25) is 0 Å². The third kappa shape index (κ3) is 2.83. The topological polar surface area (TPSA) is 82.3 Å². The van der Waals surface area contributed by atoms with Crippen molar-refractivity contribution in [3.8, 4) is 17.2 Å². The lowest BCUT2D eigenvalue weighted by atomic mass is 10.0. The van der Waals surface area contributed by atoms with Crippen molar-refractivity contribution >= 4 is 5.71 Å². The molecular formula is C15H15NO4. The molecule has 0 saturated heterocycles. The fourth-order valence-electron chi connectivity index (χ4n) is 1.98. The van der Waals surface area contributed by atoms with Gasteiger partial charge in [-0.3, -0.25) is 0 Å². The van der Waals surface area contributed by atoms with Gasteiger partial charge < -0.3 is 20.2 Å². The lowest BCUT2D eigenvalue weighted by molar-refractivity contribution is 0.318. The summed E-state index contributed by atoms with van der Waals surface area (Å²) in [5.41, 5.74) is 1.47. The molecule has 0 heterocycles. The van der Waals surface area contributed by atoms with Crippen LogP contribution in [0.25, 0.3) is 0 Å². The molecule has 0 bridgehead atoms. The van der Waals surface area contributed by atoms with E-state index < -0.39 is 0 Å². The van der Waals surface area contributed by atoms with Gasteiger partial charge >= 0.3 is 0 Å². The Kier molecular flexibility index (Phi) is 4.10. The second-order valence-corrected chi connectivity index (χ2v) is 4.24. The summed E-state index contributed by atoms with van der Waals surface area (Å²) in [5.74, 6) is 0.473. The standard InChI is InChI=1S/C15H15NO4/c1-20-15-5-3-2-4-10(15)8-13(16-19)12-7-6-11(17)9-14(12)18/h2-7,9,17-19H,8H2,1H3/b16-13-. The van der Waals surface area contributed by atoms with Gasteiger partial charge in [-0.25, -0.2) is 0 Å². The number of aromatic hydroxyl groups is 2. The highest BCUT2D eigenvalue weighted by atomic mass is 16.5. The number of hydrogen-bond acceptors (Lipinski definition) is 5. The molecule has 0 spiro atoms. The van der Waals surface area contributed by atoms with Crippen LogP contribution in [0.5, 0.6) is 17.2 Å². The Morgan fingerprint density at radius 2 is 1.90 bits per heavy atom. The number of rotatable bonds is 4. The zero-order chi connectivity index (χ0) is 14.5. The second kappa shape index (κ2) is 5.97. The molecule has 0 saturated carbocycles. The molecule has 0 aromatic heterocycles. The molecule has 0 aliphatic heterocycles. The molecule has 0 unspecified atom stereocenters. The first-order valence-electron chi connectivity index (χ1n) is 6.01. The maximum Gasteiger partial charge on any atom is 0.128 e. The summed E-state index contributed by atoms with van der Waals surface area (Å²) in [6.45, 7) is 0. The van der Waals surface area contributed by atoms with E-state index in [0.29, 0.717) is 17.7 Å². The Morgan fingerprint density at radius 1 is 1.15 bits per heavy atom. The Labute approximate surface area is 116 Å². The van der Waals surface area contributed by atoms with E-state index >= 15 is 0 Å². The molecule has 3 N–H and O–H groups in total. The van der Waals surface area contributed by atoms with Gasteiger partial charge in [0, 0.05) is 23.6 Å². The minimum absolute atomic E-state index is 0.0548. The molecule has 0 radical (unpaired) electrons. The molecule has 0 amide bonds. The zero-order valence-electron chi connectivity index (χ0n) is 10.9. The lowest BCUT2D eigenvalue weighted by Crippen LogP contribution is -2.07. The zero-order valence-corrected chi connectivity index (χ0v) is 10.9. The van der Waals surface area contributed by atoms with Crippen LogP contribution in [-0.4, -0.2) is 28.2 Å². The molecule has 2 aromatic carbocycles. The Balaban J connectivity index is 2.34. The van der Waals surface area contributed by atoms with Crippen molar-refractivity contribution in [2.45, 2.75) is 6.42 Å². The van der Waals surface area contributed by atoms with Crippen LogP contribution in [0.3, 0.4) is 0 Å². The van der Waals surface area contributed by atoms with Gasteiger partial charge in [0.25, 0.3) is 0 Å². The molecule has 0 aliphatic carbocycles. The van der Waals surface area contributed by atoms with Gasteiger partial charge in [0.05, 0.1) is 12.8 Å². The third-order valence-corrected chi connectivity index (χ3v) is 2.96. The molecule has 5 heteroatoms. The SMILES string of the molecule is COc1ccccc1C/C(=N/O)c1ccc(O)cc1O. The molecule has 2 aromatic rings. The molecule has 0 atom stereocenters. The number of methoxy groups -OCH3 is 1. The minimum atomic E-state index is -0.146. The second-order valence-electron chi connectivity index (χ2n) is 4.24. The van der Waals surface area contributed by atoms with E-state index in [4.69, 9.17) is 4.74 Å². The molecule has 0 fully saturated rings. The maximum absolute atomic E-state index is 9.81. The molecular weight excluding hydrogens is 258 g/mol. The van der Waals surface area contributed by atoms with Crippen molar-refractivity contribution in [2.24, 2.45) is 5.16 Å². The van der Waals surface area contributed by atoms with E-state index in [9.17, 15) is 15.4 Å². The summed E-state index contributed by atoms with van der Waals surface area (Å²) in [6, 6.07) is 11.5. The van der Waals surface area contributed by atoms with E-state index in [2.05, 4.69) is 5.16 Å². The van der Waals surface area contributed by atoms with Crippen LogP contribution in [0, 0.1) is 0 Å². The highest BCUT2D eigenvalue weighted by molar-refractivity contribution is 6.04. The predicted molar refractivity (Wildman–Crippen MR) is 74.8 cm³/mol. The van der Waals surface area contributed by atoms with Crippen molar-refractivity contribution in [2.75, 3.05) is 7.11 Å². The quantitative estimate of drug-likeness (QED) is 0.454. The van der Waals surface area contributed by atoms with Crippen molar-refractivity contribution < 1.29 is 20.2 Å². The number of oxime groups is 1. The normalized spacial score (nSPS) is 11.3. The summed E-state index contributed by atoms with van der Waals surface area (Å²) in [7, 11) is 1.56. The van der Waals surface area contributed by atoms with Gasteiger partial charge in [-0.2, -0.15) is 0 Å². The molecule has 0 aliphatic rings. The van der Waals surface area contributed by atoms with Gasteiger partial charge in [-0.05, 0) is 18.2 Å². The number of nitrogens with zero attached hydrogens (tertiary/aromatic N) is 1. The number of hydrogen-bond donors (Lipinski definition) is 3. The summed E-state index contributed by atoms with van der Waals surface area (Å²) >= 11 is 0. The first kappa shape index (κ1) is 13.7. The lowest BCUT2D eigenvalue weighted by Gasteiger charge is -2.10. The molecule has 20 heavy (non-hydrogen) atoms. The van der Waals surface area contributed by atoms with Crippen LogP contribution in [-0.2, 0) is 6.42 Å². The first-order chi connectivity index (χ1) is 9.65. The monoisotopic (exact) mass is 273 g/mol. The van der Waals surface area contributed by atoms with Crippen molar-refractivity contribution in [1.29, 1.82) is 0 Å². The van der Waals surface area contributed by atoms with Gasteiger partial charge in [0.15, 0.2) is 0 Å². The Hall–Kier alpha value is -2.69. The van der Waals surface area contributed by atoms with E-state index in [1.807, 2.05) is 18.2 Å². The highest BCUT2D eigenvalue weighted by Crippen LogP contribution is 2.26. The smallest absolute Gasteiger partial charge is 0.128 e. The van der Waals surface area contributed by atoms with Crippen molar-refractivity contribution in [3.63, 3.8) is 0 Å². The van der Waals surface area contributed by atoms with E-state index in [1.54, 1.807) is 13.2 Å². The Morgan fingerprint density at radius 3 is 2.55 bits per heavy atom. The van der Waals surface area contributed by atoms with Crippen LogP contribution in [0.2, 0.25) is 0 Å². The number of benzene rings is 2. The van der Waals surface area contributed by atoms with E-state index in [1.165, 1.54) is 18.2 Å². The number of phenols is 2. The van der Waals surface area contributed by atoms with Gasteiger partial charge in [0.1, 0.15) is 17.2 Å². The Bertz CT molecular complexity index is 638. The molecule has 5 nitrogen and oxygen atoms in total. The van der Waals surface area contributed by atoms with Crippen molar-refractivity contribution in [1.82, 2.24) is 0 Å². The van der Waals surface area contributed by atoms with Crippen molar-refractivity contribution in [3.05, 3.63) is 53.6 Å². The van der Waals surface area contributed by atoms with E-state index in [-0.39, 0.29) is 17.2 Å². The predicted octanol–water partition coefficient (Wildman–Crippen LogP) is 2.53. The van der Waals surface area contributed by atoms with Gasteiger partial charge in [-0.1, -0.05) is 23.4 Å². The summed E-state index contributed by atoms with van der Waals surface area (Å²) in [5, 5.41) is 31.5. The van der Waals surface area contributed by atoms with Crippen LogP contribution in [0.4, 0.5) is 0 Å². The summed E-state index contributed by atoms with van der Waals surface area (Å²) in [4.78, 5) is 0.